The molecule has 0 bridgehead atoms. The van der Waals surface area contributed by atoms with Gasteiger partial charge >= 0.3 is 0 Å². The standard InChI is InChI=1S/C24H25N5O2/c1-15-24(30)29(18-8-4-5-9-18)21-12-11-16(14-20(21)25-15)22-26-23(31-27-22)17-7-6-10-19(13-17)28(2)3/h6-7,10-14,18H,4-5,8-9H2,1-3H3. The smallest absolute Gasteiger partial charge is 0.272 e. The van der Waals surface area contributed by atoms with E-state index in [1.807, 2.05) is 66.0 Å². The average molecular weight is 415 g/mol. The van der Waals surface area contributed by atoms with Crippen LogP contribution in [0.5, 0.6) is 0 Å². The number of hydrogen-bond acceptors (Lipinski definition) is 6. The second-order valence-electron chi connectivity index (χ2n) is 8.38. The molecule has 0 N–H and O–H groups in total. The van der Waals surface area contributed by atoms with Crippen molar-refractivity contribution in [3.8, 4) is 22.8 Å². The summed E-state index contributed by atoms with van der Waals surface area (Å²) in [6, 6.07) is 14.1. The molecular formula is C24H25N5O2. The highest BCUT2D eigenvalue weighted by Gasteiger charge is 2.22. The largest absolute Gasteiger partial charge is 0.378 e. The third kappa shape index (κ3) is 3.50. The van der Waals surface area contributed by atoms with Crippen LogP contribution >= 0.6 is 0 Å². The molecule has 1 saturated carbocycles. The predicted molar refractivity (Wildman–Crippen MR) is 121 cm³/mol. The first-order valence-electron chi connectivity index (χ1n) is 10.7. The van der Waals surface area contributed by atoms with E-state index in [-0.39, 0.29) is 11.6 Å². The van der Waals surface area contributed by atoms with Crippen molar-refractivity contribution in [2.75, 3.05) is 19.0 Å². The minimum absolute atomic E-state index is 0.00905. The third-order valence-corrected chi connectivity index (χ3v) is 6.03. The Kier molecular flexibility index (Phi) is 4.81. The molecule has 5 rings (SSSR count). The van der Waals surface area contributed by atoms with Gasteiger partial charge in [-0.05, 0) is 56.2 Å². The molecule has 4 aromatic rings. The summed E-state index contributed by atoms with van der Waals surface area (Å²) < 4.78 is 7.48. The van der Waals surface area contributed by atoms with E-state index in [0.717, 1.165) is 40.7 Å². The monoisotopic (exact) mass is 415 g/mol. The fourth-order valence-corrected chi connectivity index (χ4v) is 4.37. The van der Waals surface area contributed by atoms with Crippen LogP contribution in [-0.4, -0.2) is 33.8 Å². The van der Waals surface area contributed by atoms with Crippen molar-refractivity contribution in [2.45, 2.75) is 38.6 Å². The zero-order chi connectivity index (χ0) is 21.5. The van der Waals surface area contributed by atoms with E-state index in [9.17, 15) is 4.79 Å². The van der Waals surface area contributed by atoms with Crippen LogP contribution in [0.4, 0.5) is 5.69 Å². The molecule has 1 fully saturated rings. The van der Waals surface area contributed by atoms with Crippen LogP contribution in [0.2, 0.25) is 0 Å². The van der Waals surface area contributed by atoms with E-state index in [4.69, 9.17) is 4.52 Å². The van der Waals surface area contributed by atoms with Crippen LogP contribution in [0.15, 0.2) is 51.8 Å². The van der Waals surface area contributed by atoms with Gasteiger partial charge in [-0.3, -0.25) is 4.79 Å². The first-order valence-corrected chi connectivity index (χ1v) is 10.7. The number of benzene rings is 2. The maximum Gasteiger partial charge on any atom is 0.272 e. The van der Waals surface area contributed by atoms with Crippen molar-refractivity contribution in [2.24, 2.45) is 0 Å². The molecule has 158 valence electrons. The summed E-state index contributed by atoms with van der Waals surface area (Å²) >= 11 is 0. The van der Waals surface area contributed by atoms with Gasteiger partial charge in [-0.15, -0.1) is 0 Å². The quantitative estimate of drug-likeness (QED) is 0.485. The van der Waals surface area contributed by atoms with Crippen molar-refractivity contribution in [3.05, 3.63) is 58.5 Å². The minimum atomic E-state index is 0.00905. The summed E-state index contributed by atoms with van der Waals surface area (Å²) in [7, 11) is 3.99. The van der Waals surface area contributed by atoms with Crippen molar-refractivity contribution >= 4 is 16.7 Å². The number of fused-ring (bicyclic) bond motifs is 1. The van der Waals surface area contributed by atoms with E-state index in [2.05, 4.69) is 15.1 Å². The molecule has 0 atom stereocenters. The zero-order valence-corrected chi connectivity index (χ0v) is 18.0. The molecule has 7 heteroatoms. The first-order chi connectivity index (χ1) is 15.0. The van der Waals surface area contributed by atoms with Crippen LogP contribution in [0.3, 0.4) is 0 Å². The fraction of sp³-hybridized carbons (Fsp3) is 0.333. The van der Waals surface area contributed by atoms with Gasteiger partial charge in [-0.25, -0.2) is 4.98 Å². The van der Waals surface area contributed by atoms with Gasteiger partial charge in [0.05, 0.1) is 11.0 Å². The lowest BCUT2D eigenvalue weighted by Gasteiger charge is -2.17. The molecule has 0 radical (unpaired) electrons. The number of anilines is 1. The lowest BCUT2D eigenvalue weighted by atomic mass is 10.1. The Morgan fingerprint density at radius 2 is 1.84 bits per heavy atom. The molecule has 0 unspecified atom stereocenters. The Balaban J connectivity index is 1.55. The first kappa shape index (κ1) is 19.5. The van der Waals surface area contributed by atoms with E-state index in [0.29, 0.717) is 17.4 Å². The van der Waals surface area contributed by atoms with Crippen molar-refractivity contribution in [1.82, 2.24) is 19.7 Å². The molecule has 0 amide bonds. The molecule has 0 spiro atoms. The van der Waals surface area contributed by atoms with E-state index in [1.54, 1.807) is 6.92 Å². The van der Waals surface area contributed by atoms with E-state index < -0.39 is 0 Å². The predicted octanol–water partition coefficient (Wildman–Crippen LogP) is 4.60. The number of nitrogens with zero attached hydrogens (tertiary/aromatic N) is 5. The van der Waals surface area contributed by atoms with E-state index >= 15 is 0 Å². The maximum absolute atomic E-state index is 12.8. The Hall–Kier alpha value is -3.48. The molecular weight excluding hydrogens is 390 g/mol. The average Bonchev–Trinajstić information content (AvgIpc) is 3.47. The summed E-state index contributed by atoms with van der Waals surface area (Å²) in [5.74, 6) is 0.976. The maximum atomic E-state index is 12.8. The van der Waals surface area contributed by atoms with Crippen LogP contribution in [-0.2, 0) is 0 Å². The molecule has 31 heavy (non-hydrogen) atoms. The second kappa shape index (κ2) is 7.65. The Bertz CT molecular complexity index is 1320. The number of hydrogen-bond donors (Lipinski definition) is 0. The summed E-state index contributed by atoms with van der Waals surface area (Å²) in [5, 5.41) is 4.19. The summed E-state index contributed by atoms with van der Waals surface area (Å²) in [6.07, 6.45) is 4.41. The molecule has 0 aliphatic heterocycles. The molecule has 2 aromatic carbocycles. The Morgan fingerprint density at radius 3 is 2.61 bits per heavy atom. The van der Waals surface area contributed by atoms with Crippen molar-refractivity contribution in [1.29, 1.82) is 0 Å². The van der Waals surface area contributed by atoms with Gasteiger partial charge in [0, 0.05) is 37.0 Å². The molecule has 2 aromatic heterocycles. The van der Waals surface area contributed by atoms with Gasteiger partial charge < -0.3 is 14.0 Å². The molecule has 7 nitrogen and oxygen atoms in total. The number of rotatable bonds is 4. The molecule has 0 saturated heterocycles. The molecule has 2 heterocycles. The zero-order valence-electron chi connectivity index (χ0n) is 18.0. The summed E-state index contributed by atoms with van der Waals surface area (Å²) in [5.41, 5.74) is 4.92. The minimum Gasteiger partial charge on any atom is -0.378 e. The van der Waals surface area contributed by atoms with Crippen LogP contribution in [0.1, 0.15) is 37.4 Å². The SMILES string of the molecule is Cc1nc2cc(-c3noc(-c4cccc(N(C)C)c4)n3)ccc2n(C2CCCC2)c1=O. The summed E-state index contributed by atoms with van der Waals surface area (Å²) in [4.78, 5) is 24.0. The van der Waals surface area contributed by atoms with Crippen LogP contribution in [0.25, 0.3) is 33.9 Å². The van der Waals surface area contributed by atoms with Crippen molar-refractivity contribution in [3.63, 3.8) is 0 Å². The van der Waals surface area contributed by atoms with Gasteiger partial charge in [0.15, 0.2) is 0 Å². The lowest BCUT2D eigenvalue weighted by molar-refractivity contribution is 0.432. The third-order valence-electron chi connectivity index (χ3n) is 6.03. The fourth-order valence-electron chi connectivity index (χ4n) is 4.37. The number of aromatic nitrogens is 4. The van der Waals surface area contributed by atoms with Gasteiger partial charge in [0.25, 0.3) is 11.4 Å². The highest BCUT2D eigenvalue weighted by molar-refractivity contribution is 5.80. The topological polar surface area (TPSA) is 77.1 Å². The Morgan fingerprint density at radius 1 is 1.03 bits per heavy atom. The normalized spacial score (nSPS) is 14.4. The molecule has 1 aliphatic rings. The van der Waals surface area contributed by atoms with Crippen LogP contribution in [0, 0.1) is 6.92 Å². The highest BCUT2D eigenvalue weighted by atomic mass is 16.5. The Labute approximate surface area is 180 Å². The van der Waals surface area contributed by atoms with E-state index in [1.165, 1.54) is 12.8 Å². The van der Waals surface area contributed by atoms with Gasteiger partial charge in [-0.2, -0.15) is 4.98 Å². The lowest BCUT2D eigenvalue weighted by Crippen LogP contribution is -2.26. The van der Waals surface area contributed by atoms with Gasteiger partial charge in [-0.1, -0.05) is 24.1 Å². The van der Waals surface area contributed by atoms with Crippen molar-refractivity contribution < 1.29 is 4.52 Å². The van der Waals surface area contributed by atoms with Crippen LogP contribution < -0.4 is 10.5 Å². The highest BCUT2D eigenvalue weighted by Crippen LogP contribution is 2.32. The van der Waals surface area contributed by atoms with Gasteiger partial charge in [0.1, 0.15) is 5.69 Å². The molecule has 1 aliphatic carbocycles. The summed E-state index contributed by atoms with van der Waals surface area (Å²) in [6.45, 7) is 1.78. The second-order valence-corrected chi connectivity index (χ2v) is 8.38. The number of aryl methyl sites for hydroxylation is 1. The van der Waals surface area contributed by atoms with Gasteiger partial charge in [0.2, 0.25) is 5.82 Å².